The molecule has 0 bridgehead atoms. The summed E-state index contributed by atoms with van der Waals surface area (Å²) in [6.07, 6.45) is 11.1. The first-order chi connectivity index (χ1) is 26.1. The lowest BCUT2D eigenvalue weighted by molar-refractivity contribution is 0.792. The summed E-state index contributed by atoms with van der Waals surface area (Å²) in [5, 5.41) is 0. The molecule has 53 heavy (non-hydrogen) atoms. The van der Waals surface area contributed by atoms with Crippen molar-refractivity contribution in [2.75, 3.05) is 0 Å². The van der Waals surface area contributed by atoms with Crippen molar-refractivity contribution in [2.24, 2.45) is 0 Å². The van der Waals surface area contributed by atoms with E-state index in [-0.39, 0.29) is 5.41 Å². The van der Waals surface area contributed by atoms with Gasteiger partial charge in [-0.1, -0.05) is 195 Å². The molecule has 0 saturated carbocycles. The van der Waals surface area contributed by atoms with Crippen molar-refractivity contribution in [3.05, 3.63) is 232 Å². The van der Waals surface area contributed by atoms with Gasteiger partial charge in [0.15, 0.2) is 0 Å². The van der Waals surface area contributed by atoms with Gasteiger partial charge in [-0.25, -0.2) is 0 Å². The van der Waals surface area contributed by atoms with E-state index in [2.05, 4.69) is 196 Å². The molecule has 256 valence electrons. The zero-order chi connectivity index (χ0) is 35.8. The Kier molecular flexibility index (Phi) is 8.61. The Balaban J connectivity index is 0.000000242. The predicted octanol–water partition coefficient (Wildman–Crippen LogP) is 13.6. The lowest BCUT2D eigenvalue weighted by Gasteiger charge is -2.30. The van der Waals surface area contributed by atoms with E-state index >= 15 is 0 Å². The highest BCUT2D eigenvalue weighted by atomic mass is 14.5. The molecule has 0 heterocycles. The zero-order valence-corrected chi connectivity index (χ0v) is 30.6. The van der Waals surface area contributed by atoms with Gasteiger partial charge in [0.2, 0.25) is 0 Å². The van der Waals surface area contributed by atoms with Gasteiger partial charge in [-0.05, 0) is 116 Å². The summed E-state index contributed by atoms with van der Waals surface area (Å²) >= 11 is 0. The molecular weight excluding hydrogens is 637 g/mol. The topological polar surface area (TPSA) is 0 Å². The van der Waals surface area contributed by atoms with E-state index in [0.717, 1.165) is 12.8 Å². The van der Waals surface area contributed by atoms with Crippen molar-refractivity contribution >= 4 is 5.57 Å². The maximum atomic E-state index is 2.49. The Morgan fingerprint density at radius 3 is 1.47 bits per heavy atom. The van der Waals surface area contributed by atoms with Crippen molar-refractivity contribution in [1.29, 1.82) is 0 Å². The molecule has 3 aliphatic rings. The van der Waals surface area contributed by atoms with Crippen LogP contribution >= 0.6 is 0 Å². The molecule has 7 aromatic carbocycles. The molecule has 0 saturated heterocycles. The molecule has 0 nitrogen and oxygen atoms in total. The van der Waals surface area contributed by atoms with Gasteiger partial charge >= 0.3 is 0 Å². The summed E-state index contributed by atoms with van der Waals surface area (Å²) in [5.41, 5.74) is 21.4. The summed E-state index contributed by atoms with van der Waals surface area (Å²) in [7, 11) is 0. The third-order valence-corrected chi connectivity index (χ3v) is 11.5. The summed E-state index contributed by atoms with van der Waals surface area (Å²) in [6.45, 7) is 4.32. The van der Waals surface area contributed by atoms with Crippen LogP contribution in [-0.2, 0) is 18.3 Å². The molecular formula is C53H44. The maximum Gasteiger partial charge on any atom is 0.0725 e. The van der Waals surface area contributed by atoms with Gasteiger partial charge in [-0.2, -0.15) is 0 Å². The fraction of sp³-hybridized carbons (Fsp3) is 0.132. The Labute approximate surface area is 314 Å². The Morgan fingerprint density at radius 2 is 0.943 bits per heavy atom. The van der Waals surface area contributed by atoms with Crippen molar-refractivity contribution in [1.82, 2.24) is 0 Å². The van der Waals surface area contributed by atoms with E-state index in [1.54, 1.807) is 0 Å². The number of hydrogen-bond acceptors (Lipinski definition) is 0. The molecule has 0 aliphatic heterocycles. The second kappa shape index (κ2) is 13.9. The second-order valence-corrected chi connectivity index (χ2v) is 14.7. The van der Waals surface area contributed by atoms with Gasteiger partial charge in [-0.15, -0.1) is 0 Å². The van der Waals surface area contributed by atoms with Crippen molar-refractivity contribution in [2.45, 2.75) is 44.9 Å². The standard InChI is InChI=1S/C40H30.C13H14/c1-2-27-15-20-30(21-16-27)31-22-17-28(18-23-31)25-29-19-24-35-34-11-5-8-14-38(34)40(39(35)26-29)36-12-6-3-9-32(36)33-10-4-7-13-37(33)40;1-11-7-9-13(10-8-11)12-5-3-2-4-6-12/h3-24,26H,2,25H2,1H3;3,5-10H,2,4H2,1H3. The number of hydrogen-bond donors (Lipinski definition) is 0. The number of fused-ring (bicyclic) bond motifs is 10. The third-order valence-electron chi connectivity index (χ3n) is 11.5. The first-order valence-electron chi connectivity index (χ1n) is 19.2. The lowest BCUT2D eigenvalue weighted by Crippen LogP contribution is -2.26. The van der Waals surface area contributed by atoms with Crippen LogP contribution < -0.4 is 0 Å². The van der Waals surface area contributed by atoms with Crippen molar-refractivity contribution in [3.63, 3.8) is 0 Å². The summed E-state index contributed by atoms with van der Waals surface area (Å²) in [5.74, 6) is 0. The van der Waals surface area contributed by atoms with E-state index in [4.69, 9.17) is 0 Å². The molecule has 0 fully saturated rings. The van der Waals surface area contributed by atoms with Crippen LogP contribution in [0.15, 0.2) is 182 Å². The Morgan fingerprint density at radius 1 is 0.453 bits per heavy atom. The minimum Gasteiger partial charge on any atom is -0.0836 e. The number of rotatable bonds is 5. The lowest BCUT2D eigenvalue weighted by atomic mass is 9.70. The van der Waals surface area contributed by atoms with E-state index in [0.29, 0.717) is 0 Å². The molecule has 0 radical (unpaired) electrons. The number of aryl methyl sites for hydroxylation is 2. The molecule has 0 N–H and O–H groups in total. The van der Waals surface area contributed by atoms with E-state index in [1.807, 2.05) is 0 Å². The second-order valence-electron chi connectivity index (χ2n) is 14.7. The van der Waals surface area contributed by atoms with Crippen LogP contribution in [0.1, 0.15) is 69.8 Å². The van der Waals surface area contributed by atoms with Crippen LogP contribution in [0, 0.1) is 6.92 Å². The molecule has 0 aromatic heterocycles. The van der Waals surface area contributed by atoms with Gasteiger partial charge in [-0.3, -0.25) is 0 Å². The van der Waals surface area contributed by atoms with Crippen LogP contribution in [0.5, 0.6) is 0 Å². The van der Waals surface area contributed by atoms with Gasteiger partial charge in [0.1, 0.15) is 0 Å². The number of benzene rings is 7. The molecule has 0 heteroatoms. The highest BCUT2D eigenvalue weighted by Crippen LogP contribution is 2.62. The first-order valence-corrected chi connectivity index (χ1v) is 19.2. The van der Waals surface area contributed by atoms with Crippen molar-refractivity contribution < 1.29 is 0 Å². The maximum absolute atomic E-state index is 2.49. The molecule has 0 amide bonds. The molecule has 1 spiro atoms. The molecule has 0 atom stereocenters. The largest absolute Gasteiger partial charge is 0.0836 e. The Hall–Kier alpha value is -5.98. The minimum atomic E-state index is -0.274. The van der Waals surface area contributed by atoms with Gasteiger partial charge in [0.25, 0.3) is 0 Å². The molecule has 0 unspecified atom stereocenters. The van der Waals surface area contributed by atoms with E-state index in [1.165, 1.54) is 102 Å². The van der Waals surface area contributed by atoms with E-state index in [9.17, 15) is 0 Å². The fourth-order valence-corrected chi connectivity index (χ4v) is 8.81. The highest BCUT2D eigenvalue weighted by molar-refractivity contribution is 5.95. The normalized spacial score (nSPS) is 14.0. The van der Waals surface area contributed by atoms with Crippen LogP contribution in [0.2, 0.25) is 0 Å². The monoisotopic (exact) mass is 680 g/mol. The average molecular weight is 681 g/mol. The first kappa shape index (κ1) is 32.9. The average Bonchev–Trinajstić information content (AvgIpc) is 3.69. The summed E-state index contributed by atoms with van der Waals surface area (Å²) < 4.78 is 0. The highest BCUT2D eigenvalue weighted by Gasteiger charge is 2.51. The summed E-state index contributed by atoms with van der Waals surface area (Å²) in [4.78, 5) is 0. The summed E-state index contributed by atoms with van der Waals surface area (Å²) in [6, 6.07) is 61.1. The van der Waals surface area contributed by atoms with Crippen LogP contribution in [0.25, 0.3) is 39.0 Å². The molecule has 10 rings (SSSR count). The smallest absolute Gasteiger partial charge is 0.0725 e. The van der Waals surface area contributed by atoms with Crippen LogP contribution in [0.4, 0.5) is 0 Å². The van der Waals surface area contributed by atoms with E-state index < -0.39 is 0 Å². The molecule has 3 aliphatic carbocycles. The quantitative estimate of drug-likeness (QED) is 0.170. The van der Waals surface area contributed by atoms with Gasteiger partial charge < -0.3 is 0 Å². The van der Waals surface area contributed by atoms with Crippen LogP contribution in [0.3, 0.4) is 0 Å². The molecule has 7 aromatic rings. The zero-order valence-electron chi connectivity index (χ0n) is 30.6. The fourth-order valence-electron chi connectivity index (χ4n) is 8.81. The predicted molar refractivity (Wildman–Crippen MR) is 224 cm³/mol. The Bertz CT molecular complexity index is 2420. The van der Waals surface area contributed by atoms with Gasteiger partial charge in [0.05, 0.1) is 5.41 Å². The third kappa shape index (κ3) is 5.80. The SMILES string of the molecule is CCc1ccc(-c2ccc(Cc3ccc4c(c3)C3(c5ccccc5-c5ccccc53)c3ccccc3-4)cc2)cc1.Cc1ccc(C2=CCCC=C2)cc1. The number of allylic oxidation sites excluding steroid dienone is 4. The van der Waals surface area contributed by atoms with Crippen LogP contribution in [-0.4, -0.2) is 0 Å². The van der Waals surface area contributed by atoms with Crippen molar-refractivity contribution in [3.8, 4) is 33.4 Å². The van der Waals surface area contributed by atoms with Gasteiger partial charge in [0, 0.05) is 0 Å². The minimum absolute atomic E-state index is 0.274.